The molecule has 19 heavy (non-hydrogen) atoms. The SMILES string of the molecule is CC1(C)CN(c2snc3ccccc23)CC(CN)O1. The number of hydrogen-bond acceptors (Lipinski definition) is 5. The van der Waals surface area contributed by atoms with Gasteiger partial charge in [0, 0.05) is 25.0 Å². The van der Waals surface area contributed by atoms with Gasteiger partial charge in [0.1, 0.15) is 5.00 Å². The second kappa shape index (κ2) is 4.74. The third kappa shape index (κ3) is 2.45. The lowest BCUT2D eigenvalue weighted by Gasteiger charge is -2.43. The van der Waals surface area contributed by atoms with Crippen LogP contribution >= 0.6 is 11.5 Å². The second-order valence-corrected chi connectivity index (χ2v) is 6.37. The molecule has 1 saturated heterocycles. The van der Waals surface area contributed by atoms with E-state index in [2.05, 4.69) is 41.3 Å². The van der Waals surface area contributed by atoms with Gasteiger partial charge < -0.3 is 15.4 Å². The first-order valence-corrected chi connectivity index (χ1v) is 7.34. The van der Waals surface area contributed by atoms with Crippen molar-refractivity contribution in [2.75, 3.05) is 24.5 Å². The first-order valence-electron chi connectivity index (χ1n) is 6.56. The highest BCUT2D eigenvalue weighted by atomic mass is 32.1. The van der Waals surface area contributed by atoms with Gasteiger partial charge in [-0.25, -0.2) is 0 Å². The van der Waals surface area contributed by atoms with E-state index in [1.807, 2.05) is 6.07 Å². The van der Waals surface area contributed by atoms with Gasteiger partial charge in [-0.05, 0) is 37.5 Å². The van der Waals surface area contributed by atoms with E-state index in [9.17, 15) is 0 Å². The first kappa shape index (κ1) is 12.8. The van der Waals surface area contributed by atoms with Crippen molar-refractivity contribution in [3.63, 3.8) is 0 Å². The molecule has 1 unspecified atom stereocenters. The summed E-state index contributed by atoms with van der Waals surface area (Å²) < 4.78 is 10.5. The molecule has 1 aliphatic rings. The summed E-state index contributed by atoms with van der Waals surface area (Å²) in [6.07, 6.45) is 0.0876. The first-order chi connectivity index (χ1) is 9.09. The second-order valence-electron chi connectivity index (χ2n) is 5.62. The summed E-state index contributed by atoms with van der Waals surface area (Å²) in [5, 5.41) is 2.45. The summed E-state index contributed by atoms with van der Waals surface area (Å²) in [6, 6.07) is 8.28. The van der Waals surface area contributed by atoms with Crippen molar-refractivity contribution in [3.05, 3.63) is 24.3 Å². The van der Waals surface area contributed by atoms with Crippen molar-refractivity contribution in [2.24, 2.45) is 5.73 Å². The van der Waals surface area contributed by atoms with Crippen LogP contribution in [0.3, 0.4) is 0 Å². The molecule has 5 heteroatoms. The van der Waals surface area contributed by atoms with Crippen molar-refractivity contribution in [3.8, 4) is 0 Å². The van der Waals surface area contributed by atoms with Crippen LogP contribution in [0.4, 0.5) is 5.00 Å². The van der Waals surface area contributed by atoms with Crippen molar-refractivity contribution >= 4 is 27.4 Å². The number of benzene rings is 1. The Kier molecular flexibility index (Phi) is 3.20. The minimum absolute atomic E-state index is 0.0876. The van der Waals surface area contributed by atoms with E-state index >= 15 is 0 Å². The number of nitrogens with zero attached hydrogens (tertiary/aromatic N) is 2. The van der Waals surface area contributed by atoms with Crippen LogP contribution in [0.25, 0.3) is 10.9 Å². The molecule has 2 aromatic rings. The lowest BCUT2D eigenvalue weighted by Crippen LogP contribution is -2.54. The number of ether oxygens (including phenoxy) is 1. The van der Waals surface area contributed by atoms with Gasteiger partial charge in [0.25, 0.3) is 0 Å². The summed E-state index contributed by atoms with van der Waals surface area (Å²) in [7, 11) is 0. The van der Waals surface area contributed by atoms with Crippen molar-refractivity contribution < 1.29 is 4.74 Å². The zero-order valence-electron chi connectivity index (χ0n) is 11.3. The third-order valence-electron chi connectivity index (χ3n) is 3.40. The standard InChI is InChI=1S/C14H19N3OS/c1-14(2)9-17(8-10(7-15)18-14)13-11-5-3-4-6-12(11)16-19-13/h3-6,10H,7-9,15H2,1-2H3. The fourth-order valence-corrected chi connectivity index (χ4v) is 3.55. The fraction of sp³-hybridized carbons (Fsp3) is 0.500. The Morgan fingerprint density at radius 3 is 3.05 bits per heavy atom. The van der Waals surface area contributed by atoms with E-state index in [-0.39, 0.29) is 11.7 Å². The van der Waals surface area contributed by atoms with Crippen LogP contribution in [-0.2, 0) is 4.74 Å². The zero-order valence-corrected chi connectivity index (χ0v) is 12.1. The number of aromatic nitrogens is 1. The molecule has 3 rings (SSSR count). The summed E-state index contributed by atoms with van der Waals surface area (Å²) >= 11 is 1.56. The zero-order chi connectivity index (χ0) is 13.5. The Labute approximate surface area is 117 Å². The third-order valence-corrected chi connectivity index (χ3v) is 4.34. The van der Waals surface area contributed by atoms with Gasteiger partial charge in [0.2, 0.25) is 0 Å². The van der Waals surface area contributed by atoms with Crippen molar-refractivity contribution in [1.29, 1.82) is 0 Å². The molecule has 1 aliphatic heterocycles. The number of morpholine rings is 1. The smallest absolute Gasteiger partial charge is 0.120 e. The average molecular weight is 277 g/mol. The summed E-state index contributed by atoms with van der Waals surface area (Å²) in [5.74, 6) is 0. The lowest BCUT2D eigenvalue weighted by molar-refractivity contribution is -0.0785. The van der Waals surface area contributed by atoms with Gasteiger partial charge in [0.15, 0.2) is 0 Å². The Morgan fingerprint density at radius 1 is 1.47 bits per heavy atom. The van der Waals surface area contributed by atoms with Crippen LogP contribution in [0.15, 0.2) is 24.3 Å². The molecule has 1 atom stereocenters. The highest BCUT2D eigenvalue weighted by molar-refractivity contribution is 7.11. The van der Waals surface area contributed by atoms with Crippen molar-refractivity contribution in [2.45, 2.75) is 25.6 Å². The Hall–Kier alpha value is -1.17. The maximum absolute atomic E-state index is 5.98. The molecule has 2 heterocycles. The van der Waals surface area contributed by atoms with E-state index in [4.69, 9.17) is 10.5 Å². The highest BCUT2D eigenvalue weighted by Crippen LogP contribution is 2.34. The van der Waals surface area contributed by atoms with E-state index in [0.717, 1.165) is 18.6 Å². The predicted molar refractivity (Wildman–Crippen MR) is 79.8 cm³/mol. The fourth-order valence-electron chi connectivity index (χ4n) is 2.68. The largest absolute Gasteiger partial charge is 0.367 e. The topological polar surface area (TPSA) is 51.4 Å². The highest BCUT2D eigenvalue weighted by Gasteiger charge is 2.34. The summed E-state index contributed by atoms with van der Waals surface area (Å²) in [6.45, 7) is 6.49. The van der Waals surface area contributed by atoms with Gasteiger partial charge in [-0.3, -0.25) is 0 Å². The van der Waals surface area contributed by atoms with Crippen LogP contribution in [0.5, 0.6) is 0 Å². The average Bonchev–Trinajstić information content (AvgIpc) is 2.80. The van der Waals surface area contributed by atoms with E-state index in [0.29, 0.717) is 6.54 Å². The number of hydrogen-bond donors (Lipinski definition) is 1. The molecular formula is C14H19N3OS. The lowest BCUT2D eigenvalue weighted by atomic mass is 10.1. The maximum Gasteiger partial charge on any atom is 0.120 e. The van der Waals surface area contributed by atoms with Gasteiger partial charge in [-0.1, -0.05) is 12.1 Å². The minimum atomic E-state index is -0.173. The molecule has 4 nitrogen and oxygen atoms in total. The number of anilines is 1. The molecule has 0 saturated carbocycles. The van der Waals surface area contributed by atoms with Crippen molar-refractivity contribution in [1.82, 2.24) is 4.37 Å². The molecular weight excluding hydrogens is 258 g/mol. The molecule has 2 N–H and O–H groups in total. The Balaban J connectivity index is 1.96. The molecule has 0 bridgehead atoms. The molecule has 1 aromatic heterocycles. The van der Waals surface area contributed by atoms with Gasteiger partial charge >= 0.3 is 0 Å². The predicted octanol–water partition coefficient (Wildman–Crippen LogP) is 2.24. The molecule has 102 valence electrons. The van der Waals surface area contributed by atoms with Gasteiger partial charge in [-0.2, -0.15) is 4.37 Å². The van der Waals surface area contributed by atoms with Gasteiger partial charge in [0.05, 0.1) is 17.2 Å². The van der Waals surface area contributed by atoms with Crippen LogP contribution in [0, 0.1) is 0 Å². The maximum atomic E-state index is 5.98. The summed E-state index contributed by atoms with van der Waals surface area (Å²) in [5.41, 5.74) is 6.68. The number of nitrogens with two attached hydrogens (primary N) is 1. The quantitative estimate of drug-likeness (QED) is 0.914. The number of rotatable bonds is 2. The van der Waals surface area contributed by atoms with Crippen LogP contribution in [0.1, 0.15) is 13.8 Å². The van der Waals surface area contributed by atoms with Gasteiger partial charge in [-0.15, -0.1) is 0 Å². The molecule has 1 aromatic carbocycles. The van der Waals surface area contributed by atoms with E-state index < -0.39 is 0 Å². The Bertz CT molecular complexity index is 581. The number of fused-ring (bicyclic) bond motifs is 1. The van der Waals surface area contributed by atoms with E-state index in [1.165, 1.54) is 10.4 Å². The molecule has 0 aliphatic carbocycles. The minimum Gasteiger partial charge on any atom is -0.367 e. The molecule has 0 radical (unpaired) electrons. The van der Waals surface area contributed by atoms with E-state index in [1.54, 1.807) is 11.5 Å². The van der Waals surface area contributed by atoms with Crippen LogP contribution in [0.2, 0.25) is 0 Å². The molecule has 0 spiro atoms. The monoisotopic (exact) mass is 277 g/mol. The van der Waals surface area contributed by atoms with Crippen LogP contribution < -0.4 is 10.6 Å². The summed E-state index contributed by atoms with van der Waals surface area (Å²) in [4.78, 5) is 2.36. The Morgan fingerprint density at radius 2 is 2.26 bits per heavy atom. The van der Waals surface area contributed by atoms with Crippen LogP contribution in [-0.4, -0.2) is 35.7 Å². The molecule has 0 amide bonds. The molecule has 1 fully saturated rings. The normalized spacial score (nSPS) is 22.9.